The summed E-state index contributed by atoms with van der Waals surface area (Å²) < 4.78 is 28.4. The van der Waals surface area contributed by atoms with E-state index in [1.54, 1.807) is 0 Å². The van der Waals surface area contributed by atoms with Gasteiger partial charge in [-0.2, -0.15) is 0 Å². The van der Waals surface area contributed by atoms with Crippen molar-refractivity contribution in [1.82, 2.24) is 4.72 Å². The lowest BCUT2D eigenvalue weighted by atomic mass is 10.0. The average Bonchev–Trinajstić information content (AvgIpc) is 2.75. The van der Waals surface area contributed by atoms with Gasteiger partial charge in [-0.1, -0.05) is 30.5 Å². The maximum atomic E-state index is 12.7. The Hall–Kier alpha value is -0.620. The fraction of sp³-hybridized carbons (Fsp3) is 0.600. The van der Waals surface area contributed by atoms with Gasteiger partial charge in [-0.25, -0.2) is 13.1 Å². The molecule has 0 aromatic heterocycles. The van der Waals surface area contributed by atoms with E-state index in [1.165, 1.54) is 0 Å². The highest BCUT2D eigenvalue weighted by molar-refractivity contribution is 7.89. The van der Waals surface area contributed by atoms with Gasteiger partial charge in [-0.05, 0) is 44.7 Å². The van der Waals surface area contributed by atoms with Crippen molar-refractivity contribution in [3.05, 3.63) is 28.8 Å². The highest BCUT2D eigenvalue weighted by Crippen LogP contribution is 2.31. The molecular weight excluding hydrogens is 308 g/mol. The number of rotatable bonds is 4. The Morgan fingerprint density at radius 2 is 1.62 bits per heavy atom. The normalized spacial score (nSPS) is 17.5. The Morgan fingerprint density at radius 3 is 2.05 bits per heavy atom. The first-order valence-corrected chi connectivity index (χ1v) is 8.60. The van der Waals surface area contributed by atoms with Crippen LogP contribution in [-0.2, 0) is 10.0 Å². The van der Waals surface area contributed by atoms with E-state index in [2.05, 4.69) is 4.72 Å². The SMILES string of the molecule is Cc1cc(C)c(S(=O)(=O)NC2(CN)CCCC2)c(C)c1.Cl. The highest BCUT2D eigenvalue weighted by Gasteiger charge is 2.37. The van der Waals surface area contributed by atoms with Crippen molar-refractivity contribution in [1.29, 1.82) is 0 Å². The maximum absolute atomic E-state index is 12.7. The van der Waals surface area contributed by atoms with E-state index in [9.17, 15) is 8.42 Å². The van der Waals surface area contributed by atoms with E-state index in [0.29, 0.717) is 11.4 Å². The number of hydrogen-bond acceptors (Lipinski definition) is 3. The van der Waals surface area contributed by atoms with Crippen LogP contribution in [-0.4, -0.2) is 20.5 Å². The van der Waals surface area contributed by atoms with Gasteiger partial charge >= 0.3 is 0 Å². The van der Waals surface area contributed by atoms with E-state index in [1.807, 2.05) is 32.9 Å². The van der Waals surface area contributed by atoms with Gasteiger partial charge in [0.2, 0.25) is 10.0 Å². The Labute approximate surface area is 134 Å². The van der Waals surface area contributed by atoms with Crippen LogP contribution in [0, 0.1) is 20.8 Å². The third kappa shape index (κ3) is 3.77. The average molecular weight is 333 g/mol. The first-order chi connectivity index (χ1) is 9.30. The second kappa shape index (κ2) is 6.65. The summed E-state index contributed by atoms with van der Waals surface area (Å²) in [7, 11) is -3.52. The topological polar surface area (TPSA) is 72.2 Å². The van der Waals surface area contributed by atoms with Gasteiger partial charge in [0, 0.05) is 12.1 Å². The van der Waals surface area contributed by atoms with Gasteiger partial charge in [-0.3, -0.25) is 0 Å². The monoisotopic (exact) mass is 332 g/mol. The Kier molecular flexibility index (Phi) is 5.83. The number of hydrogen-bond donors (Lipinski definition) is 2. The molecule has 1 aromatic carbocycles. The minimum Gasteiger partial charge on any atom is -0.329 e. The van der Waals surface area contributed by atoms with Crippen LogP contribution >= 0.6 is 12.4 Å². The summed E-state index contributed by atoms with van der Waals surface area (Å²) in [5.74, 6) is 0. The van der Waals surface area contributed by atoms with Crippen LogP contribution in [0.25, 0.3) is 0 Å². The minimum atomic E-state index is -3.52. The summed E-state index contributed by atoms with van der Waals surface area (Å²) in [5, 5.41) is 0. The van der Waals surface area contributed by atoms with Crippen molar-refractivity contribution in [3.8, 4) is 0 Å². The van der Waals surface area contributed by atoms with Gasteiger partial charge in [0.15, 0.2) is 0 Å². The number of halogens is 1. The van der Waals surface area contributed by atoms with E-state index in [4.69, 9.17) is 5.73 Å². The largest absolute Gasteiger partial charge is 0.329 e. The Bertz CT molecular complexity index is 585. The lowest BCUT2D eigenvalue weighted by Gasteiger charge is -2.29. The molecule has 1 fully saturated rings. The maximum Gasteiger partial charge on any atom is 0.241 e. The zero-order chi connectivity index (χ0) is 15.0. The molecule has 0 saturated heterocycles. The van der Waals surface area contributed by atoms with Gasteiger partial charge < -0.3 is 5.73 Å². The Balaban J connectivity index is 0.00000220. The molecule has 1 saturated carbocycles. The third-order valence-electron chi connectivity index (χ3n) is 4.18. The molecule has 1 aliphatic rings. The molecule has 0 radical (unpaired) electrons. The standard InChI is InChI=1S/C15H24N2O2S.ClH/c1-11-8-12(2)14(13(3)9-11)20(18,19)17-15(10-16)6-4-5-7-15;/h8-9,17H,4-7,10,16H2,1-3H3;1H. The number of benzene rings is 1. The predicted octanol–water partition coefficient (Wildman–Crippen LogP) is 2.58. The number of nitrogens with one attached hydrogen (secondary N) is 1. The molecule has 4 nitrogen and oxygen atoms in total. The summed E-state index contributed by atoms with van der Waals surface area (Å²) in [6.45, 7) is 6.02. The van der Waals surface area contributed by atoms with E-state index in [0.717, 1.165) is 42.4 Å². The van der Waals surface area contributed by atoms with E-state index < -0.39 is 15.6 Å². The van der Waals surface area contributed by atoms with Crippen LogP contribution in [0.5, 0.6) is 0 Å². The van der Waals surface area contributed by atoms with Gasteiger partial charge in [0.25, 0.3) is 0 Å². The molecule has 0 unspecified atom stereocenters. The highest BCUT2D eigenvalue weighted by atomic mass is 35.5. The van der Waals surface area contributed by atoms with Gasteiger partial charge in [0.1, 0.15) is 0 Å². The molecular formula is C15H25ClN2O2S. The first kappa shape index (κ1) is 18.4. The minimum absolute atomic E-state index is 0. The second-order valence-corrected chi connectivity index (χ2v) is 7.64. The number of nitrogens with two attached hydrogens (primary N) is 1. The van der Waals surface area contributed by atoms with Crippen LogP contribution in [0.3, 0.4) is 0 Å². The summed E-state index contributed by atoms with van der Waals surface area (Å²) in [6, 6.07) is 3.82. The van der Waals surface area contributed by atoms with Crippen LogP contribution in [0.2, 0.25) is 0 Å². The zero-order valence-electron chi connectivity index (χ0n) is 12.9. The summed E-state index contributed by atoms with van der Waals surface area (Å²) >= 11 is 0. The molecule has 0 amide bonds. The van der Waals surface area contributed by atoms with Crippen LogP contribution < -0.4 is 10.5 Å². The molecule has 0 atom stereocenters. The summed E-state index contributed by atoms with van der Waals surface area (Å²) in [4.78, 5) is 0.405. The molecule has 3 N–H and O–H groups in total. The van der Waals surface area contributed by atoms with Crippen LogP contribution in [0.1, 0.15) is 42.4 Å². The molecule has 21 heavy (non-hydrogen) atoms. The van der Waals surface area contributed by atoms with Gasteiger partial charge in [0.05, 0.1) is 4.90 Å². The summed E-state index contributed by atoms with van der Waals surface area (Å²) in [5.41, 5.74) is 8.03. The molecule has 0 heterocycles. The van der Waals surface area contributed by atoms with Crippen molar-refractivity contribution in [2.75, 3.05) is 6.54 Å². The quantitative estimate of drug-likeness (QED) is 0.890. The Morgan fingerprint density at radius 1 is 1.14 bits per heavy atom. The van der Waals surface area contributed by atoms with Crippen LogP contribution in [0.4, 0.5) is 0 Å². The zero-order valence-corrected chi connectivity index (χ0v) is 14.5. The molecule has 1 aromatic rings. The first-order valence-electron chi connectivity index (χ1n) is 7.12. The smallest absolute Gasteiger partial charge is 0.241 e. The molecule has 0 spiro atoms. The molecule has 1 aliphatic carbocycles. The fourth-order valence-corrected chi connectivity index (χ4v) is 5.25. The molecule has 2 rings (SSSR count). The number of sulfonamides is 1. The van der Waals surface area contributed by atoms with Crippen molar-refractivity contribution in [2.24, 2.45) is 5.73 Å². The lowest BCUT2D eigenvalue weighted by Crippen LogP contribution is -2.51. The van der Waals surface area contributed by atoms with E-state index >= 15 is 0 Å². The third-order valence-corrected chi connectivity index (χ3v) is 6.06. The van der Waals surface area contributed by atoms with Crippen LogP contribution in [0.15, 0.2) is 17.0 Å². The van der Waals surface area contributed by atoms with Crippen molar-refractivity contribution in [2.45, 2.75) is 56.9 Å². The van der Waals surface area contributed by atoms with Crippen molar-refractivity contribution < 1.29 is 8.42 Å². The molecule has 0 aliphatic heterocycles. The molecule has 0 bridgehead atoms. The number of aryl methyl sites for hydroxylation is 3. The fourth-order valence-electron chi connectivity index (χ4n) is 3.33. The lowest BCUT2D eigenvalue weighted by molar-refractivity contribution is 0.399. The predicted molar refractivity (Wildman–Crippen MR) is 88.5 cm³/mol. The van der Waals surface area contributed by atoms with Crippen molar-refractivity contribution in [3.63, 3.8) is 0 Å². The second-order valence-electron chi connectivity index (χ2n) is 6.02. The van der Waals surface area contributed by atoms with Crippen molar-refractivity contribution >= 4 is 22.4 Å². The molecule has 6 heteroatoms. The van der Waals surface area contributed by atoms with Gasteiger partial charge in [-0.15, -0.1) is 12.4 Å². The molecule has 120 valence electrons. The summed E-state index contributed by atoms with van der Waals surface area (Å²) in [6.07, 6.45) is 3.72. The van der Waals surface area contributed by atoms with E-state index in [-0.39, 0.29) is 12.4 Å².